The number of hydrogen-bond donors (Lipinski definition) is 1. The fourth-order valence-electron chi connectivity index (χ4n) is 2.59. The van der Waals surface area contributed by atoms with Crippen molar-refractivity contribution in [1.29, 1.82) is 0 Å². The highest BCUT2D eigenvalue weighted by atomic mass is 16.2. The molecule has 1 aliphatic heterocycles. The van der Waals surface area contributed by atoms with Gasteiger partial charge in [0.05, 0.1) is 12.2 Å². The van der Waals surface area contributed by atoms with Gasteiger partial charge in [0.25, 0.3) is 0 Å². The summed E-state index contributed by atoms with van der Waals surface area (Å²) in [5.74, 6) is -0.0513. The molecule has 0 saturated carbocycles. The highest BCUT2D eigenvalue weighted by Crippen LogP contribution is 2.22. The van der Waals surface area contributed by atoms with E-state index in [9.17, 15) is 9.59 Å². The molecule has 5 nitrogen and oxygen atoms in total. The fourth-order valence-corrected chi connectivity index (χ4v) is 2.59. The quantitative estimate of drug-likeness (QED) is 0.905. The first-order valence-corrected chi connectivity index (χ1v) is 7.11. The monoisotopic (exact) mass is 275 g/mol. The van der Waals surface area contributed by atoms with Crippen LogP contribution in [0.3, 0.4) is 0 Å². The number of pyridine rings is 1. The van der Waals surface area contributed by atoms with Crippen molar-refractivity contribution in [2.75, 3.05) is 6.54 Å². The van der Waals surface area contributed by atoms with Crippen molar-refractivity contribution in [1.82, 2.24) is 15.2 Å². The summed E-state index contributed by atoms with van der Waals surface area (Å²) in [6.07, 6.45) is 3.27. The van der Waals surface area contributed by atoms with Crippen molar-refractivity contribution in [2.45, 2.75) is 45.2 Å². The third-order valence-corrected chi connectivity index (χ3v) is 3.97. The molecule has 20 heavy (non-hydrogen) atoms. The van der Waals surface area contributed by atoms with Gasteiger partial charge in [-0.15, -0.1) is 0 Å². The Hall–Kier alpha value is -1.91. The zero-order chi connectivity index (χ0) is 14.6. The third kappa shape index (κ3) is 2.81. The zero-order valence-electron chi connectivity index (χ0n) is 12.1. The van der Waals surface area contributed by atoms with Crippen LogP contribution in [0.25, 0.3) is 0 Å². The van der Waals surface area contributed by atoms with E-state index >= 15 is 0 Å². The molecule has 1 fully saturated rings. The summed E-state index contributed by atoms with van der Waals surface area (Å²) in [6, 6.07) is 5.65. The van der Waals surface area contributed by atoms with Crippen LogP contribution in [0.15, 0.2) is 24.4 Å². The van der Waals surface area contributed by atoms with Gasteiger partial charge >= 0.3 is 0 Å². The number of nitrogens with zero attached hydrogens (tertiary/aromatic N) is 2. The van der Waals surface area contributed by atoms with Crippen molar-refractivity contribution in [3.8, 4) is 0 Å². The largest absolute Gasteiger partial charge is 0.342 e. The van der Waals surface area contributed by atoms with Crippen molar-refractivity contribution >= 4 is 11.8 Å². The van der Waals surface area contributed by atoms with Gasteiger partial charge in [-0.05, 0) is 25.0 Å². The second-order valence-corrected chi connectivity index (χ2v) is 5.14. The molecular weight excluding hydrogens is 254 g/mol. The minimum absolute atomic E-state index is 0.000923. The molecule has 1 aromatic heterocycles. The highest BCUT2D eigenvalue weighted by molar-refractivity contribution is 5.93. The van der Waals surface area contributed by atoms with E-state index in [0.717, 1.165) is 5.69 Å². The van der Waals surface area contributed by atoms with Crippen molar-refractivity contribution < 1.29 is 9.59 Å². The molecule has 0 bridgehead atoms. The lowest BCUT2D eigenvalue weighted by atomic mass is 9.91. The van der Waals surface area contributed by atoms with Crippen molar-refractivity contribution in [3.05, 3.63) is 30.1 Å². The Bertz CT molecular complexity index is 483. The van der Waals surface area contributed by atoms with Crippen LogP contribution in [0.4, 0.5) is 0 Å². The zero-order valence-corrected chi connectivity index (χ0v) is 12.1. The van der Waals surface area contributed by atoms with E-state index in [-0.39, 0.29) is 11.8 Å². The molecular formula is C15H21N3O2. The van der Waals surface area contributed by atoms with Crippen LogP contribution in [-0.2, 0) is 16.1 Å². The number of hydrogen-bond acceptors (Lipinski definition) is 3. The summed E-state index contributed by atoms with van der Waals surface area (Å²) in [5, 5.41) is 2.91. The smallest absolute Gasteiger partial charge is 0.248 e. The number of rotatable bonds is 4. The molecule has 2 amide bonds. The van der Waals surface area contributed by atoms with Crippen LogP contribution in [0, 0.1) is 0 Å². The van der Waals surface area contributed by atoms with E-state index < -0.39 is 5.54 Å². The first-order chi connectivity index (χ1) is 9.61. The van der Waals surface area contributed by atoms with Crippen LogP contribution in [0.2, 0.25) is 0 Å². The Morgan fingerprint density at radius 3 is 2.65 bits per heavy atom. The molecule has 0 aliphatic carbocycles. The highest BCUT2D eigenvalue weighted by Gasteiger charge is 2.41. The number of amides is 2. The summed E-state index contributed by atoms with van der Waals surface area (Å²) >= 11 is 0. The first-order valence-electron chi connectivity index (χ1n) is 7.11. The van der Waals surface area contributed by atoms with E-state index in [1.807, 2.05) is 32.0 Å². The molecule has 0 spiro atoms. The molecule has 2 rings (SSSR count). The van der Waals surface area contributed by atoms with Crippen LogP contribution in [-0.4, -0.2) is 33.8 Å². The van der Waals surface area contributed by atoms with Gasteiger partial charge < -0.3 is 10.2 Å². The van der Waals surface area contributed by atoms with Gasteiger partial charge in [0, 0.05) is 19.2 Å². The summed E-state index contributed by atoms with van der Waals surface area (Å²) in [6.45, 7) is 4.78. The van der Waals surface area contributed by atoms with Crippen molar-refractivity contribution in [3.63, 3.8) is 0 Å². The number of aromatic nitrogens is 1. The van der Waals surface area contributed by atoms with E-state index in [1.165, 1.54) is 0 Å². The molecule has 1 saturated heterocycles. The fraction of sp³-hybridized carbons (Fsp3) is 0.533. The summed E-state index contributed by atoms with van der Waals surface area (Å²) in [7, 11) is 0. The average Bonchev–Trinajstić information content (AvgIpc) is 2.60. The standard InChI is InChI=1S/C15H21N3O2/c1-3-15(4-2)14(20)18(10-8-13(19)17-15)11-12-7-5-6-9-16-12/h5-7,9H,3-4,8,10-11H2,1-2H3,(H,17,19). The van der Waals surface area contributed by atoms with Gasteiger partial charge in [0.1, 0.15) is 5.54 Å². The van der Waals surface area contributed by atoms with Gasteiger partial charge in [-0.2, -0.15) is 0 Å². The molecule has 2 heterocycles. The summed E-state index contributed by atoms with van der Waals surface area (Å²) < 4.78 is 0. The van der Waals surface area contributed by atoms with Gasteiger partial charge in [-0.3, -0.25) is 14.6 Å². The Morgan fingerprint density at radius 2 is 2.05 bits per heavy atom. The minimum atomic E-state index is -0.762. The van der Waals surface area contributed by atoms with Gasteiger partial charge in [-0.25, -0.2) is 0 Å². The Kier molecular flexibility index (Phi) is 4.37. The third-order valence-electron chi connectivity index (χ3n) is 3.97. The molecule has 0 atom stereocenters. The maximum atomic E-state index is 12.8. The van der Waals surface area contributed by atoms with Gasteiger partial charge in [0.15, 0.2) is 0 Å². The van der Waals surface area contributed by atoms with Crippen LogP contribution < -0.4 is 5.32 Å². The van der Waals surface area contributed by atoms with Gasteiger partial charge in [0.2, 0.25) is 11.8 Å². The molecule has 1 aromatic rings. The number of nitrogens with one attached hydrogen (secondary N) is 1. The number of carbonyl (C=O) groups excluding carboxylic acids is 2. The molecule has 0 aromatic carbocycles. The lowest BCUT2D eigenvalue weighted by Gasteiger charge is -2.33. The maximum absolute atomic E-state index is 12.8. The maximum Gasteiger partial charge on any atom is 0.248 e. The summed E-state index contributed by atoms with van der Waals surface area (Å²) in [5.41, 5.74) is 0.0823. The lowest BCUT2D eigenvalue weighted by Crippen LogP contribution is -2.56. The Balaban J connectivity index is 2.24. The molecule has 0 unspecified atom stereocenters. The van der Waals surface area contributed by atoms with Crippen molar-refractivity contribution in [2.24, 2.45) is 0 Å². The van der Waals surface area contributed by atoms with E-state index in [4.69, 9.17) is 0 Å². The van der Waals surface area contributed by atoms with Crippen LogP contribution >= 0.6 is 0 Å². The Morgan fingerprint density at radius 1 is 1.30 bits per heavy atom. The minimum Gasteiger partial charge on any atom is -0.342 e. The lowest BCUT2D eigenvalue weighted by molar-refractivity contribution is -0.139. The SMILES string of the molecule is CCC1(CC)NC(=O)CCN(Cc2ccccn2)C1=O. The predicted octanol–water partition coefficient (Wildman–Crippen LogP) is 1.49. The van der Waals surface area contributed by atoms with Crippen LogP contribution in [0.1, 0.15) is 38.8 Å². The summed E-state index contributed by atoms with van der Waals surface area (Å²) in [4.78, 5) is 30.6. The Labute approximate surface area is 119 Å². The second kappa shape index (κ2) is 6.03. The molecule has 108 valence electrons. The number of carbonyl (C=O) groups is 2. The normalized spacial score (nSPS) is 18.6. The van der Waals surface area contributed by atoms with E-state index in [2.05, 4.69) is 10.3 Å². The van der Waals surface area contributed by atoms with Crippen LogP contribution in [0.5, 0.6) is 0 Å². The van der Waals surface area contributed by atoms with E-state index in [1.54, 1.807) is 11.1 Å². The second-order valence-electron chi connectivity index (χ2n) is 5.14. The molecule has 0 radical (unpaired) electrons. The average molecular weight is 275 g/mol. The van der Waals surface area contributed by atoms with E-state index in [0.29, 0.717) is 32.4 Å². The molecule has 5 heteroatoms. The molecule has 1 aliphatic rings. The van der Waals surface area contributed by atoms with Gasteiger partial charge in [-0.1, -0.05) is 19.9 Å². The predicted molar refractivity (Wildman–Crippen MR) is 75.7 cm³/mol. The molecule has 1 N–H and O–H groups in total. The first kappa shape index (κ1) is 14.5. The topological polar surface area (TPSA) is 62.3 Å².